The van der Waals surface area contributed by atoms with Gasteiger partial charge < -0.3 is 20.0 Å². The first-order chi connectivity index (χ1) is 12.1. The van der Waals surface area contributed by atoms with E-state index in [4.69, 9.17) is 10.2 Å². The van der Waals surface area contributed by atoms with Crippen LogP contribution in [0.4, 0.5) is 5.95 Å². The Morgan fingerprint density at radius 1 is 1.24 bits per heavy atom. The lowest BCUT2D eigenvalue weighted by Gasteiger charge is -2.35. The molecule has 1 aliphatic rings. The van der Waals surface area contributed by atoms with Gasteiger partial charge in [0.05, 0.1) is 18.8 Å². The predicted octanol–water partition coefficient (Wildman–Crippen LogP) is 0.809. The molecule has 0 bridgehead atoms. The Morgan fingerprint density at radius 2 is 1.96 bits per heavy atom. The van der Waals surface area contributed by atoms with Crippen LogP contribution in [0.5, 0.6) is 0 Å². The topological polar surface area (TPSA) is 87.0 Å². The van der Waals surface area contributed by atoms with Crippen molar-refractivity contribution in [1.29, 1.82) is 0 Å². The number of furan rings is 1. The lowest BCUT2D eigenvalue weighted by atomic mass is 10.2. The molecule has 134 valence electrons. The van der Waals surface area contributed by atoms with Gasteiger partial charge in [0.25, 0.3) is 0 Å². The summed E-state index contributed by atoms with van der Waals surface area (Å²) in [5, 5.41) is 0. The minimum Gasteiger partial charge on any atom is -0.468 e. The van der Waals surface area contributed by atoms with E-state index >= 15 is 0 Å². The maximum Gasteiger partial charge on any atom is 0.225 e. The van der Waals surface area contributed by atoms with Crippen molar-refractivity contribution in [3.63, 3.8) is 0 Å². The molecule has 0 aromatic carbocycles. The minimum absolute atomic E-state index is 0.0764. The van der Waals surface area contributed by atoms with Gasteiger partial charge in [-0.25, -0.2) is 9.97 Å². The molecule has 0 saturated carbocycles. The standard InChI is InChI=1S/C17H25N7O/c1-22(2)14(15-5-3-12-25-15)13-21-16(18)23-8-10-24(11-9-23)17-19-6-4-7-20-17/h3-7,12,14H,8-11,13H2,1-2H3,(H2,18,21). The first-order valence-electron chi connectivity index (χ1n) is 8.42. The average molecular weight is 343 g/mol. The minimum atomic E-state index is 0.0764. The number of guanidine groups is 1. The summed E-state index contributed by atoms with van der Waals surface area (Å²) in [5.41, 5.74) is 6.21. The third-order valence-corrected chi connectivity index (χ3v) is 4.36. The summed E-state index contributed by atoms with van der Waals surface area (Å²) in [6.07, 6.45) is 5.21. The molecule has 3 rings (SSSR count). The van der Waals surface area contributed by atoms with Crippen molar-refractivity contribution in [2.75, 3.05) is 51.7 Å². The molecule has 2 aromatic rings. The Balaban J connectivity index is 1.56. The molecule has 2 N–H and O–H groups in total. The fraction of sp³-hybridized carbons (Fsp3) is 0.471. The fourth-order valence-corrected chi connectivity index (χ4v) is 2.86. The summed E-state index contributed by atoms with van der Waals surface area (Å²) in [4.78, 5) is 19.5. The van der Waals surface area contributed by atoms with Crippen LogP contribution in [0.3, 0.4) is 0 Å². The second-order valence-corrected chi connectivity index (χ2v) is 6.22. The van der Waals surface area contributed by atoms with E-state index in [1.54, 1.807) is 18.7 Å². The van der Waals surface area contributed by atoms with E-state index in [9.17, 15) is 0 Å². The summed E-state index contributed by atoms with van der Waals surface area (Å²) in [6.45, 7) is 3.83. The van der Waals surface area contributed by atoms with E-state index in [2.05, 4.69) is 29.7 Å². The number of aliphatic imine (C=N–C) groups is 1. The van der Waals surface area contributed by atoms with Crippen LogP contribution in [0, 0.1) is 0 Å². The fourth-order valence-electron chi connectivity index (χ4n) is 2.86. The maximum atomic E-state index is 6.21. The monoisotopic (exact) mass is 343 g/mol. The van der Waals surface area contributed by atoms with Crippen molar-refractivity contribution in [2.45, 2.75) is 6.04 Å². The third-order valence-electron chi connectivity index (χ3n) is 4.36. The second kappa shape index (κ2) is 7.98. The highest BCUT2D eigenvalue weighted by molar-refractivity contribution is 5.78. The Bertz CT molecular complexity index is 664. The molecule has 25 heavy (non-hydrogen) atoms. The molecule has 8 nitrogen and oxygen atoms in total. The number of aromatic nitrogens is 2. The molecule has 1 aliphatic heterocycles. The first-order valence-corrected chi connectivity index (χ1v) is 8.42. The lowest BCUT2D eigenvalue weighted by Crippen LogP contribution is -2.51. The zero-order valence-corrected chi connectivity index (χ0v) is 14.7. The van der Waals surface area contributed by atoms with Gasteiger partial charge in [-0.15, -0.1) is 0 Å². The summed E-state index contributed by atoms with van der Waals surface area (Å²) < 4.78 is 5.51. The van der Waals surface area contributed by atoms with Gasteiger partial charge in [-0.2, -0.15) is 0 Å². The van der Waals surface area contributed by atoms with E-state index in [-0.39, 0.29) is 6.04 Å². The second-order valence-electron chi connectivity index (χ2n) is 6.22. The predicted molar refractivity (Wildman–Crippen MR) is 97.4 cm³/mol. The van der Waals surface area contributed by atoms with E-state index in [0.717, 1.165) is 37.9 Å². The largest absolute Gasteiger partial charge is 0.468 e. The quantitative estimate of drug-likeness (QED) is 0.635. The summed E-state index contributed by atoms with van der Waals surface area (Å²) in [5.74, 6) is 2.24. The molecule has 1 saturated heterocycles. The van der Waals surface area contributed by atoms with Crippen LogP contribution in [-0.2, 0) is 0 Å². The van der Waals surface area contributed by atoms with Gasteiger partial charge >= 0.3 is 0 Å². The molecule has 0 radical (unpaired) electrons. The molecule has 2 aromatic heterocycles. The number of nitrogens with two attached hydrogens (primary N) is 1. The van der Waals surface area contributed by atoms with Gasteiger partial charge in [0, 0.05) is 38.6 Å². The molecule has 3 heterocycles. The molecule has 8 heteroatoms. The Hall–Kier alpha value is -2.61. The highest BCUT2D eigenvalue weighted by Crippen LogP contribution is 2.19. The first kappa shape index (κ1) is 17.2. The summed E-state index contributed by atoms with van der Waals surface area (Å²) in [6, 6.07) is 5.76. The number of piperazine rings is 1. The molecule has 1 atom stereocenters. The van der Waals surface area contributed by atoms with Crippen LogP contribution in [0.15, 0.2) is 46.3 Å². The smallest absolute Gasteiger partial charge is 0.225 e. The van der Waals surface area contributed by atoms with Gasteiger partial charge in [0.2, 0.25) is 5.95 Å². The van der Waals surface area contributed by atoms with Gasteiger partial charge in [-0.1, -0.05) is 0 Å². The lowest BCUT2D eigenvalue weighted by molar-refractivity contribution is 0.264. The number of hydrogen-bond acceptors (Lipinski definition) is 6. The number of anilines is 1. The molecule has 0 amide bonds. The molecule has 1 unspecified atom stereocenters. The van der Waals surface area contributed by atoms with Gasteiger partial charge in [0.15, 0.2) is 5.96 Å². The van der Waals surface area contributed by atoms with Gasteiger partial charge in [0.1, 0.15) is 5.76 Å². The van der Waals surface area contributed by atoms with Crippen molar-refractivity contribution in [1.82, 2.24) is 19.8 Å². The Labute approximate surface area is 148 Å². The van der Waals surface area contributed by atoms with Crippen LogP contribution < -0.4 is 10.6 Å². The maximum absolute atomic E-state index is 6.21. The summed E-state index contributed by atoms with van der Waals surface area (Å²) in [7, 11) is 4.02. The SMILES string of the molecule is CN(C)C(CN=C(N)N1CCN(c2ncccn2)CC1)c1ccco1. The molecule has 0 aliphatic carbocycles. The molecule has 0 spiro atoms. The zero-order valence-electron chi connectivity index (χ0n) is 14.7. The Kier molecular flexibility index (Phi) is 5.49. The van der Waals surface area contributed by atoms with Crippen molar-refractivity contribution in [3.05, 3.63) is 42.6 Å². The highest BCUT2D eigenvalue weighted by Gasteiger charge is 2.21. The number of hydrogen-bond donors (Lipinski definition) is 1. The van der Waals surface area contributed by atoms with Crippen molar-refractivity contribution >= 4 is 11.9 Å². The number of likely N-dealkylation sites (N-methyl/N-ethyl adjacent to an activating group) is 1. The highest BCUT2D eigenvalue weighted by atomic mass is 16.3. The Morgan fingerprint density at radius 3 is 2.56 bits per heavy atom. The van der Waals surface area contributed by atoms with E-state index in [0.29, 0.717) is 12.5 Å². The average Bonchev–Trinajstić information content (AvgIpc) is 3.16. The van der Waals surface area contributed by atoms with E-state index < -0.39 is 0 Å². The van der Waals surface area contributed by atoms with Crippen molar-refractivity contribution in [2.24, 2.45) is 10.7 Å². The van der Waals surface area contributed by atoms with Crippen molar-refractivity contribution in [3.8, 4) is 0 Å². The van der Waals surface area contributed by atoms with E-state index in [1.807, 2.05) is 32.3 Å². The van der Waals surface area contributed by atoms with E-state index in [1.165, 1.54) is 0 Å². The van der Waals surface area contributed by atoms with Crippen LogP contribution in [0.2, 0.25) is 0 Å². The molecule has 1 fully saturated rings. The van der Waals surface area contributed by atoms with Gasteiger partial charge in [-0.05, 0) is 32.3 Å². The normalized spacial score (nSPS) is 17.2. The van der Waals surface area contributed by atoms with Crippen LogP contribution >= 0.6 is 0 Å². The van der Waals surface area contributed by atoms with Crippen LogP contribution in [-0.4, -0.2) is 72.5 Å². The zero-order chi connectivity index (χ0) is 17.6. The number of nitrogens with zero attached hydrogens (tertiary/aromatic N) is 6. The van der Waals surface area contributed by atoms with Crippen molar-refractivity contribution < 1.29 is 4.42 Å². The summed E-state index contributed by atoms with van der Waals surface area (Å²) >= 11 is 0. The third kappa shape index (κ3) is 4.27. The molecular formula is C17H25N7O. The molecular weight excluding hydrogens is 318 g/mol. The van der Waals surface area contributed by atoms with Gasteiger partial charge in [-0.3, -0.25) is 9.89 Å². The number of rotatable bonds is 5. The van der Waals surface area contributed by atoms with Crippen LogP contribution in [0.1, 0.15) is 11.8 Å². The van der Waals surface area contributed by atoms with Crippen LogP contribution in [0.25, 0.3) is 0 Å².